The fourth-order valence-corrected chi connectivity index (χ4v) is 8.77. The number of ether oxygens (including phenoxy) is 1. The summed E-state index contributed by atoms with van der Waals surface area (Å²) in [5.41, 5.74) is 5.42. The quantitative estimate of drug-likeness (QED) is 0.184. The Kier molecular flexibility index (Phi) is 8.14. The van der Waals surface area contributed by atoms with Gasteiger partial charge in [0.15, 0.2) is 5.78 Å². The van der Waals surface area contributed by atoms with Crippen molar-refractivity contribution in [1.82, 2.24) is 0 Å². The van der Waals surface area contributed by atoms with E-state index in [1.54, 1.807) is 13.0 Å². The molecule has 0 bridgehead atoms. The fourth-order valence-electron chi connectivity index (χ4n) is 8.77. The Morgan fingerprint density at radius 3 is 2.40 bits per heavy atom. The lowest BCUT2D eigenvalue weighted by molar-refractivity contribution is -0.187. The smallest absolute Gasteiger partial charge is 0.323 e. The maximum Gasteiger partial charge on any atom is 0.323 e. The number of unbranched alkanes of at least 4 members (excludes halogenated alkanes) is 3. The van der Waals surface area contributed by atoms with Crippen LogP contribution in [0, 0.1) is 36.0 Å². The summed E-state index contributed by atoms with van der Waals surface area (Å²) >= 11 is 0. The molecule has 0 aromatic heterocycles. The van der Waals surface area contributed by atoms with E-state index in [-0.39, 0.29) is 24.9 Å². The van der Waals surface area contributed by atoms with Crippen LogP contribution in [0.25, 0.3) is 0 Å². The SMILES string of the molecule is CC1=C[C@H]2[C@@]3(O)[C@H](C)C[C@]4(OC(=O)[C@@H](N)CCCCCCc5ccc(C)cc5)[C@H]([C@@H]3C=C(CO)C[C@]2(O)C1=O)C4(C)C. The minimum absolute atomic E-state index is 0.0256. The van der Waals surface area contributed by atoms with Crippen LogP contribution in [-0.2, 0) is 20.7 Å². The molecule has 0 unspecified atom stereocenters. The third-order valence-corrected chi connectivity index (χ3v) is 11.3. The molecular weight excluding hydrogens is 530 g/mol. The normalized spacial score (nSPS) is 37.0. The number of esters is 1. The molecule has 8 atom stereocenters. The summed E-state index contributed by atoms with van der Waals surface area (Å²) in [4.78, 5) is 26.5. The average molecular weight is 580 g/mol. The summed E-state index contributed by atoms with van der Waals surface area (Å²) in [7, 11) is 0. The third kappa shape index (κ3) is 4.81. The van der Waals surface area contributed by atoms with Crippen LogP contribution in [0.15, 0.2) is 47.6 Å². The van der Waals surface area contributed by atoms with E-state index in [1.807, 2.05) is 26.8 Å². The molecule has 0 heterocycles. The molecule has 0 aliphatic heterocycles. The van der Waals surface area contributed by atoms with Gasteiger partial charge in [0.1, 0.15) is 17.2 Å². The number of Topliss-reactive ketones (excluding diaryl/α,β-unsaturated/α-hetero) is 1. The molecule has 230 valence electrons. The van der Waals surface area contributed by atoms with Crippen molar-refractivity contribution in [3.05, 3.63) is 58.7 Å². The van der Waals surface area contributed by atoms with Crippen molar-refractivity contribution in [2.45, 2.75) is 109 Å². The Bertz CT molecular complexity index is 1280. The summed E-state index contributed by atoms with van der Waals surface area (Å²) in [6.45, 7) is 9.45. The number of benzene rings is 1. The summed E-state index contributed by atoms with van der Waals surface area (Å²) < 4.78 is 6.32. The monoisotopic (exact) mass is 579 g/mol. The summed E-state index contributed by atoms with van der Waals surface area (Å²) in [6.07, 6.45) is 9.59. The molecule has 5 N–H and O–H groups in total. The van der Waals surface area contributed by atoms with Crippen LogP contribution >= 0.6 is 0 Å². The number of fused-ring (bicyclic) bond motifs is 5. The third-order valence-electron chi connectivity index (χ3n) is 11.3. The molecule has 2 saturated carbocycles. The predicted octanol–water partition coefficient (Wildman–Crippen LogP) is 4.34. The summed E-state index contributed by atoms with van der Waals surface area (Å²) in [5.74, 6) is -2.75. The number of ketones is 1. The van der Waals surface area contributed by atoms with E-state index in [9.17, 15) is 24.9 Å². The number of nitrogens with two attached hydrogens (primary N) is 1. The Balaban J connectivity index is 1.24. The fraction of sp³-hybridized carbons (Fsp3) is 0.657. The topological polar surface area (TPSA) is 130 Å². The Morgan fingerprint density at radius 1 is 1.07 bits per heavy atom. The van der Waals surface area contributed by atoms with Crippen LogP contribution in [-0.4, -0.2) is 56.5 Å². The number of hydrogen-bond acceptors (Lipinski definition) is 7. The minimum Gasteiger partial charge on any atom is -0.457 e. The molecule has 42 heavy (non-hydrogen) atoms. The first-order valence-corrected chi connectivity index (χ1v) is 15.7. The lowest BCUT2D eigenvalue weighted by Crippen LogP contribution is -2.61. The molecule has 7 heteroatoms. The molecule has 4 aliphatic carbocycles. The Morgan fingerprint density at radius 2 is 1.74 bits per heavy atom. The van der Waals surface area contributed by atoms with Gasteiger partial charge in [-0.05, 0) is 62.2 Å². The van der Waals surface area contributed by atoms with Crippen molar-refractivity contribution < 1.29 is 29.6 Å². The van der Waals surface area contributed by atoms with Crippen LogP contribution in [0.5, 0.6) is 0 Å². The average Bonchev–Trinajstić information content (AvgIpc) is 3.35. The van der Waals surface area contributed by atoms with Gasteiger partial charge < -0.3 is 25.8 Å². The van der Waals surface area contributed by atoms with Gasteiger partial charge in [0.05, 0.1) is 12.2 Å². The predicted molar refractivity (Wildman–Crippen MR) is 161 cm³/mol. The van der Waals surface area contributed by atoms with Crippen molar-refractivity contribution in [2.75, 3.05) is 6.61 Å². The first kappa shape index (κ1) is 31.1. The number of hydrogen-bond donors (Lipinski definition) is 4. The van der Waals surface area contributed by atoms with Crippen LogP contribution in [0.3, 0.4) is 0 Å². The van der Waals surface area contributed by atoms with Crippen molar-refractivity contribution in [2.24, 2.45) is 34.8 Å². The zero-order chi connectivity index (χ0) is 30.7. The molecule has 0 saturated heterocycles. The van der Waals surface area contributed by atoms with E-state index in [2.05, 4.69) is 31.2 Å². The molecule has 2 fully saturated rings. The van der Waals surface area contributed by atoms with Crippen LogP contribution < -0.4 is 5.73 Å². The highest BCUT2D eigenvalue weighted by atomic mass is 16.6. The van der Waals surface area contributed by atoms with E-state index >= 15 is 0 Å². The number of rotatable bonds is 10. The van der Waals surface area contributed by atoms with E-state index in [4.69, 9.17) is 10.5 Å². The van der Waals surface area contributed by atoms with Crippen LogP contribution in [0.1, 0.15) is 83.8 Å². The lowest BCUT2D eigenvalue weighted by atomic mass is 9.60. The van der Waals surface area contributed by atoms with Gasteiger partial charge in [-0.15, -0.1) is 0 Å². The highest BCUT2D eigenvalue weighted by Gasteiger charge is 2.83. The Labute approximate surface area is 250 Å². The minimum atomic E-state index is -1.80. The molecule has 0 spiro atoms. The second kappa shape index (κ2) is 11.0. The van der Waals surface area contributed by atoms with Crippen molar-refractivity contribution in [3.63, 3.8) is 0 Å². The highest BCUT2D eigenvalue weighted by Crippen LogP contribution is 2.76. The van der Waals surface area contributed by atoms with Gasteiger partial charge >= 0.3 is 5.97 Å². The van der Waals surface area contributed by atoms with Gasteiger partial charge in [-0.2, -0.15) is 0 Å². The second-order valence-electron chi connectivity index (χ2n) is 14.3. The molecular formula is C35H49NO6. The van der Waals surface area contributed by atoms with Crippen LogP contribution in [0.4, 0.5) is 0 Å². The van der Waals surface area contributed by atoms with Crippen molar-refractivity contribution in [1.29, 1.82) is 0 Å². The highest BCUT2D eigenvalue weighted by molar-refractivity contribution is 6.04. The number of aliphatic hydroxyl groups excluding tert-OH is 1. The zero-order valence-electron chi connectivity index (χ0n) is 25.9. The van der Waals surface area contributed by atoms with Gasteiger partial charge in [0.25, 0.3) is 0 Å². The number of aryl methyl sites for hydroxylation is 2. The molecule has 5 rings (SSSR count). The van der Waals surface area contributed by atoms with E-state index in [1.165, 1.54) is 11.1 Å². The van der Waals surface area contributed by atoms with Gasteiger partial charge in [-0.1, -0.05) is 82.0 Å². The number of aliphatic hydroxyl groups is 3. The van der Waals surface area contributed by atoms with Crippen molar-refractivity contribution >= 4 is 11.8 Å². The van der Waals surface area contributed by atoms with E-state index < -0.39 is 51.8 Å². The van der Waals surface area contributed by atoms with Crippen LogP contribution in [0.2, 0.25) is 0 Å². The molecule has 0 radical (unpaired) electrons. The maximum absolute atomic E-state index is 13.4. The van der Waals surface area contributed by atoms with E-state index in [0.717, 1.165) is 32.1 Å². The molecule has 0 amide bonds. The van der Waals surface area contributed by atoms with Gasteiger partial charge in [-0.25, -0.2) is 0 Å². The number of carbonyl (C=O) groups excluding carboxylic acids is 2. The first-order chi connectivity index (χ1) is 19.7. The lowest BCUT2D eigenvalue weighted by Gasteiger charge is -2.50. The summed E-state index contributed by atoms with van der Waals surface area (Å²) in [5, 5.41) is 34.3. The maximum atomic E-state index is 13.4. The van der Waals surface area contributed by atoms with Gasteiger partial charge in [0, 0.05) is 29.6 Å². The number of carbonyl (C=O) groups is 2. The van der Waals surface area contributed by atoms with Gasteiger partial charge in [0.2, 0.25) is 0 Å². The molecule has 7 nitrogen and oxygen atoms in total. The standard InChI is InChI=1S/C35H49NO6/c1-21-12-14-24(15-13-21)10-8-6-7-9-11-27(36)31(39)42-34-18-23(3)35(41)26(29(34)32(34,4)5)17-25(20-37)19-33(40)28(35)16-22(2)30(33)38/h12-17,23,26-29,37,40-41H,6-11,18-20,36H2,1-5H3/t23-,26+,27+,28-,29-,33-,34+,35-/m1/s1. The van der Waals surface area contributed by atoms with E-state index in [0.29, 0.717) is 24.0 Å². The second-order valence-corrected chi connectivity index (χ2v) is 14.3. The molecule has 1 aromatic rings. The molecule has 1 aromatic carbocycles. The molecule has 4 aliphatic rings. The first-order valence-electron chi connectivity index (χ1n) is 15.7. The largest absolute Gasteiger partial charge is 0.457 e. The Hall–Kier alpha value is -2.32. The van der Waals surface area contributed by atoms with Crippen molar-refractivity contribution in [3.8, 4) is 0 Å². The van der Waals surface area contributed by atoms with Gasteiger partial charge in [-0.3, -0.25) is 9.59 Å². The summed E-state index contributed by atoms with van der Waals surface area (Å²) in [6, 6.07) is 7.93. The zero-order valence-corrected chi connectivity index (χ0v) is 25.9.